The van der Waals surface area contributed by atoms with Crippen molar-refractivity contribution < 1.29 is 26.7 Å². The summed E-state index contributed by atoms with van der Waals surface area (Å²) in [7, 11) is 0. The molecule has 0 fully saturated rings. The maximum atomic E-state index is 15.5. The van der Waals surface area contributed by atoms with E-state index in [9.17, 15) is 22.8 Å². The molecule has 12 nitrogen and oxygen atoms in total. The fourth-order valence-electron chi connectivity index (χ4n) is 5.22. The van der Waals surface area contributed by atoms with Crippen molar-refractivity contribution in [1.29, 1.82) is 0 Å². The van der Waals surface area contributed by atoms with Crippen molar-refractivity contribution in [2.75, 3.05) is 0 Å². The lowest BCUT2D eigenvalue weighted by Crippen LogP contribution is -2.37. The molecule has 7 aromatic rings. The molecule has 0 unspecified atom stereocenters. The van der Waals surface area contributed by atoms with Crippen molar-refractivity contribution in [2.45, 2.75) is 18.8 Å². The molecule has 0 aliphatic carbocycles. The Bertz CT molecular complexity index is 2270. The molecule has 6 aromatic heterocycles. The summed E-state index contributed by atoms with van der Waals surface area (Å²) < 4.78 is 73.7. The largest absolute Gasteiger partial charge is 0.618 e. The van der Waals surface area contributed by atoms with E-state index in [4.69, 9.17) is 11.6 Å². The van der Waals surface area contributed by atoms with Crippen LogP contribution in [-0.2, 0) is 12.7 Å². The van der Waals surface area contributed by atoms with Crippen LogP contribution in [0.5, 0.6) is 0 Å². The Morgan fingerprint density at radius 2 is 1.78 bits per heavy atom. The van der Waals surface area contributed by atoms with Gasteiger partial charge in [-0.15, -0.1) is 5.10 Å². The molecule has 0 saturated carbocycles. The number of aromatic nitrogens is 11. The van der Waals surface area contributed by atoms with E-state index in [-0.39, 0.29) is 39.6 Å². The smallest absolute Gasteiger partial charge is 0.433 e. The third-order valence-corrected chi connectivity index (χ3v) is 7.83. The van der Waals surface area contributed by atoms with Gasteiger partial charge >= 0.3 is 6.18 Å². The number of halogens is 6. The first-order valence-corrected chi connectivity index (χ1v) is 14.6. The molecule has 1 atom stereocenters. The quantitative estimate of drug-likeness (QED) is 0.112. The maximum Gasteiger partial charge on any atom is 0.433 e. The molecule has 0 aliphatic rings. The van der Waals surface area contributed by atoms with Crippen molar-refractivity contribution >= 4 is 11.6 Å². The second-order valence-corrected chi connectivity index (χ2v) is 11.0. The van der Waals surface area contributed by atoms with Crippen molar-refractivity contribution in [3.63, 3.8) is 0 Å². The first kappa shape index (κ1) is 31.5. The summed E-state index contributed by atoms with van der Waals surface area (Å²) >= 11 is 6.10. The van der Waals surface area contributed by atoms with Crippen molar-refractivity contribution in [3.05, 3.63) is 131 Å². The van der Waals surface area contributed by atoms with Gasteiger partial charge in [-0.25, -0.2) is 8.78 Å². The van der Waals surface area contributed by atoms with Gasteiger partial charge in [0.2, 0.25) is 5.69 Å². The normalized spacial score (nSPS) is 12.4. The van der Waals surface area contributed by atoms with Gasteiger partial charge < -0.3 is 5.21 Å². The first-order chi connectivity index (χ1) is 23.5. The van der Waals surface area contributed by atoms with Crippen LogP contribution in [0.25, 0.3) is 39.3 Å². The number of hydrogen-bond donors (Lipinski definition) is 0. The van der Waals surface area contributed by atoms with Gasteiger partial charge in [-0.3, -0.25) is 19.3 Å². The molecule has 49 heavy (non-hydrogen) atoms. The summed E-state index contributed by atoms with van der Waals surface area (Å²) in [5.74, 6) is -1.31. The molecule has 0 saturated heterocycles. The minimum atomic E-state index is -4.66. The zero-order chi connectivity index (χ0) is 34.3. The highest BCUT2D eigenvalue weighted by Crippen LogP contribution is 2.34. The van der Waals surface area contributed by atoms with Gasteiger partial charge in [0, 0.05) is 30.2 Å². The topological polar surface area (TPSA) is 132 Å². The number of pyridine rings is 3. The molecule has 0 aliphatic heterocycles. The van der Waals surface area contributed by atoms with Gasteiger partial charge in [0.25, 0.3) is 0 Å². The molecular weight excluding hydrogens is 673 g/mol. The Labute approximate surface area is 277 Å². The van der Waals surface area contributed by atoms with E-state index >= 15 is 4.39 Å². The molecule has 246 valence electrons. The van der Waals surface area contributed by atoms with Crippen LogP contribution >= 0.6 is 11.6 Å². The van der Waals surface area contributed by atoms with Crippen LogP contribution in [0.2, 0.25) is 5.02 Å². The van der Waals surface area contributed by atoms with E-state index in [0.29, 0.717) is 21.7 Å². The summed E-state index contributed by atoms with van der Waals surface area (Å²) in [5.41, 5.74) is 0.767. The number of tetrazole rings is 1. The van der Waals surface area contributed by atoms with Gasteiger partial charge in [-0.2, -0.15) is 32.8 Å². The minimum absolute atomic E-state index is 0.00937. The first-order valence-electron chi connectivity index (χ1n) is 14.2. The van der Waals surface area contributed by atoms with E-state index in [0.717, 1.165) is 24.7 Å². The van der Waals surface area contributed by atoms with E-state index in [2.05, 4.69) is 35.7 Å². The fraction of sp³-hybridized carbons (Fsp3) is 0.0968. The summed E-state index contributed by atoms with van der Waals surface area (Å²) in [5, 5.41) is 33.5. The van der Waals surface area contributed by atoms with Crippen LogP contribution in [0, 0.1) is 16.8 Å². The number of nitrogens with zero attached hydrogens (tertiary/aromatic N) is 11. The van der Waals surface area contributed by atoms with E-state index in [1.165, 1.54) is 75.2 Å². The SMILES string of the molecule is [O-][n+]1cc(-c2c(-n3cnnn3)ccc(Cl)c2F)ccc1[C@@H](Cn1ccc(-c2ccc(F)cn2)n1)n1cc(-c2ccnc(C(F)(F)F)c2)cn1. The molecule has 0 spiro atoms. The highest BCUT2D eigenvalue weighted by molar-refractivity contribution is 6.31. The van der Waals surface area contributed by atoms with Crippen LogP contribution in [0.3, 0.4) is 0 Å². The zero-order valence-electron chi connectivity index (χ0n) is 24.6. The van der Waals surface area contributed by atoms with Crippen molar-refractivity contribution in [3.8, 4) is 39.3 Å². The second kappa shape index (κ2) is 12.5. The fourth-order valence-corrected chi connectivity index (χ4v) is 5.37. The predicted molar refractivity (Wildman–Crippen MR) is 163 cm³/mol. The van der Waals surface area contributed by atoms with E-state index in [1.54, 1.807) is 12.3 Å². The van der Waals surface area contributed by atoms with Gasteiger partial charge in [0.05, 0.1) is 46.5 Å². The van der Waals surface area contributed by atoms with Crippen molar-refractivity contribution in [2.24, 2.45) is 0 Å². The zero-order valence-corrected chi connectivity index (χ0v) is 25.4. The average molecular weight is 692 g/mol. The Morgan fingerprint density at radius 1 is 0.918 bits per heavy atom. The number of alkyl halides is 3. The molecule has 18 heteroatoms. The Kier molecular flexibility index (Phi) is 8.03. The van der Waals surface area contributed by atoms with Crippen LogP contribution in [0.4, 0.5) is 22.0 Å². The number of rotatable bonds is 8. The summed E-state index contributed by atoms with van der Waals surface area (Å²) in [6.07, 6.45) is 4.34. The summed E-state index contributed by atoms with van der Waals surface area (Å²) in [4.78, 5) is 7.46. The molecule has 1 aromatic carbocycles. The number of benzene rings is 1. The summed E-state index contributed by atoms with van der Waals surface area (Å²) in [6, 6.07) is 11.6. The van der Waals surface area contributed by atoms with Crippen LogP contribution in [0.1, 0.15) is 17.4 Å². The third kappa shape index (κ3) is 6.30. The standard InChI is InChI=1S/C31H19ClF5N11O/c32-22-3-6-26(47-17-40-43-44-47)29(30(22)34)19-1-5-25(48(49)15-19)27(16-45-10-8-24(42-45)23-4-2-21(33)13-39-23)46-14-20(12-41-46)18-7-9-38-28(11-18)31(35,36)37/h1-15,17,27H,16H2/t27-/m1/s1. The molecule has 0 N–H and O–H groups in total. The van der Waals surface area contributed by atoms with Crippen LogP contribution in [-0.4, -0.2) is 49.7 Å². The third-order valence-electron chi connectivity index (χ3n) is 7.54. The molecule has 7 rings (SSSR count). The summed E-state index contributed by atoms with van der Waals surface area (Å²) in [6.45, 7) is 0.00937. The van der Waals surface area contributed by atoms with Crippen LogP contribution < -0.4 is 4.73 Å². The lowest BCUT2D eigenvalue weighted by molar-refractivity contribution is -0.615. The molecule has 0 amide bonds. The average Bonchev–Trinajstić information content (AvgIpc) is 3.88. The number of hydrogen-bond acceptors (Lipinski definition) is 8. The highest BCUT2D eigenvalue weighted by Gasteiger charge is 2.33. The lowest BCUT2D eigenvalue weighted by atomic mass is 10.0. The Hall–Kier alpha value is -6.10. The molecular formula is C31H19ClF5N11O. The predicted octanol–water partition coefficient (Wildman–Crippen LogP) is 5.72. The van der Waals surface area contributed by atoms with E-state index in [1.807, 2.05) is 0 Å². The molecule has 0 bridgehead atoms. The molecule has 0 radical (unpaired) electrons. The monoisotopic (exact) mass is 691 g/mol. The van der Waals surface area contributed by atoms with Crippen molar-refractivity contribution in [1.82, 2.24) is 49.7 Å². The lowest BCUT2D eigenvalue weighted by Gasteiger charge is -2.18. The van der Waals surface area contributed by atoms with Crippen LogP contribution in [0.15, 0.2) is 98.1 Å². The minimum Gasteiger partial charge on any atom is -0.618 e. The second-order valence-electron chi connectivity index (χ2n) is 10.6. The maximum absolute atomic E-state index is 15.5. The Morgan fingerprint density at radius 3 is 2.51 bits per heavy atom. The highest BCUT2D eigenvalue weighted by atomic mass is 35.5. The van der Waals surface area contributed by atoms with Gasteiger partial charge in [0.1, 0.15) is 23.5 Å². The van der Waals surface area contributed by atoms with Gasteiger partial charge in [-0.1, -0.05) is 11.6 Å². The van der Waals surface area contributed by atoms with Gasteiger partial charge in [-0.05, 0) is 64.5 Å². The molecule has 6 heterocycles. The Balaban J connectivity index is 1.30. The van der Waals surface area contributed by atoms with Gasteiger partial charge in [0.15, 0.2) is 18.1 Å². The van der Waals surface area contributed by atoms with E-state index < -0.39 is 29.5 Å².